The van der Waals surface area contributed by atoms with Gasteiger partial charge < -0.3 is 15.2 Å². The summed E-state index contributed by atoms with van der Waals surface area (Å²) in [5.41, 5.74) is 1.83. The highest BCUT2D eigenvalue weighted by Crippen LogP contribution is 2.22. The van der Waals surface area contributed by atoms with Gasteiger partial charge in [0, 0.05) is 25.9 Å². The number of carboxylic acid groups (broad SMARTS) is 1. The fraction of sp³-hybridized carbons (Fsp3) is 0.417. The molecule has 178 valence electrons. The van der Waals surface area contributed by atoms with Crippen LogP contribution in [0.1, 0.15) is 30.4 Å². The van der Waals surface area contributed by atoms with Crippen molar-refractivity contribution in [3.8, 4) is 5.75 Å². The molecule has 1 aliphatic rings. The van der Waals surface area contributed by atoms with Gasteiger partial charge in [-0.15, -0.1) is 0 Å². The Kier molecular flexibility index (Phi) is 8.46. The van der Waals surface area contributed by atoms with E-state index in [2.05, 4.69) is 5.32 Å². The zero-order chi connectivity index (χ0) is 23.8. The third-order valence-electron chi connectivity index (χ3n) is 5.76. The SMILES string of the molecule is CS(=O)(=O)N1CCC(CC(=O)N[C@@H](Cc2ccc(OCc3ccccc3)cc2)C(=O)O)CC1. The summed E-state index contributed by atoms with van der Waals surface area (Å²) in [5, 5.41) is 12.2. The summed E-state index contributed by atoms with van der Waals surface area (Å²) in [5.74, 6) is -0.708. The van der Waals surface area contributed by atoms with Gasteiger partial charge in [0.05, 0.1) is 6.26 Å². The molecule has 0 unspecified atom stereocenters. The molecule has 0 radical (unpaired) electrons. The Labute approximate surface area is 194 Å². The van der Waals surface area contributed by atoms with Crippen molar-refractivity contribution in [2.45, 2.75) is 38.3 Å². The molecule has 0 spiro atoms. The van der Waals surface area contributed by atoms with E-state index in [1.807, 2.05) is 30.3 Å². The maximum Gasteiger partial charge on any atom is 0.326 e. The van der Waals surface area contributed by atoms with Crippen molar-refractivity contribution in [1.29, 1.82) is 0 Å². The number of amides is 1. The molecule has 1 saturated heterocycles. The Balaban J connectivity index is 1.48. The highest BCUT2D eigenvalue weighted by Gasteiger charge is 2.27. The summed E-state index contributed by atoms with van der Waals surface area (Å²) in [7, 11) is -3.22. The third-order valence-corrected chi connectivity index (χ3v) is 7.06. The van der Waals surface area contributed by atoms with Gasteiger partial charge in [0.25, 0.3) is 0 Å². The number of aliphatic carboxylic acids is 1. The Bertz CT molecular complexity index is 1030. The van der Waals surface area contributed by atoms with E-state index in [1.54, 1.807) is 24.3 Å². The van der Waals surface area contributed by atoms with Crippen molar-refractivity contribution in [2.75, 3.05) is 19.3 Å². The van der Waals surface area contributed by atoms with Gasteiger partial charge in [-0.25, -0.2) is 17.5 Å². The second-order valence-electron chi connectivity index (χ2n) is 8.39. The maximum atomic E-state index is 12.4. The standard InChI is InChI=1S/C24H30N2O6S/c1-33(30,31)26-13-11-19(12-14-26)16-23(27)25-22(24(28)29)15-18-7-9-21(10-8-18)32-17-20-5-3-2-4-6-20/h2-10,19,22H,11-17H2,1H3,(H,25,27)(H,28,29)/t22-/m0/s1. The number of piperidine rings is 1. The molecular weight excluding hydrogens is 444 g/mol. The molecule has 33 heavy (non-hydrogen) atoms. The van der Waals surface area contributed by atoms with Crippen molar-refractivity contribution in [3.63, 3.8) is 0 Å². The van der Waals surface area contributed by atoms with Crippen LogP contribution in [-0.4, -0.2) is 55.1 Å². The Morgan fingerprint density at radius 1 is 1.06 bits per heavy atom. The van der Waals surface area contributed by atoms with E-state index in [0.717, 1.165) is 11.1 Å². The smallest absolute Gasteiger partial charge is 0.326 e. The van der Waals surface area contributed by atoms with Crippen molar-refractivity contribution in [3.05, 3.63) is 65.7 Å². The fourth-order valence-corrected chi connectivity index (χ4v) is 4.73. The second-order valence-corrected chi connectivity index (χ2v) is 10.4. The first-order chi connectivity index (χ1) is 15.7. The number of sulfonamides is 1. The summed E-state index contributed by atoms with van der Waals surface area (Å²) in [6.07, 6.45) is 2.70. The van der Waals surface area contributed by atoms with Crippen LogP contribution in [0.2, 0.25) is 0 Å². The number of ether oxygens (including phenoxy) is 1. The minimum atomic E-state index is -3.22. The number of carbonyl (C=O) groups is 2. The molecule has 0 aliphatic carbocycles. The molecule has 1 fully saturated rings. The highest BCUT2D eigenvalue weighted by molar-refractivity contribution is 7.88. The Morgan fingerprint density at radius 2 is 1.70 bits per heavy atom. The topological polar surface area (TPSA) is 113 Å². The quantitative estimate of drug-likeness (QED) is 0.547. The molecule has 2 aromatic rings. The first-order valence-corrected chi connectivity index (χ1v) is 12.8. The van der Waals surface area contributed by atoms with Crippen LogP contribution >= 0.6 is 0 Å². The van der Waals surface area contributed by atoms with E-state index >= 15 is 0 Å². The second kappa shape index (κ2) is 11.3. The minimum absolute atomic E-state index is 0.0403. The van der Waals surface area contributed by atoms with E-state index < -0.39 is 22.0 Å². The molecule has 1 heterocycles. The van der Waals surface area contributed by atoms with Gasteiger partial charge in [0.1, 0.15) is 18.4 Å². The zero-order valence-electron chi connectivity index (χ0n) is 18.6. The molecule has 1 amide bonds. The van der Waals surface area contributed by atoms with E-state index in [-0.39, 0.29) is 24.7 Å². The van der Waals surface area contributed by atoms with Gasteiger partial charge in [0.15, 0.2) is 0 Å². The lowest BCUT2D eigenvalue weighted by Crippen LogP contribution is -2.44. The van der Waals surface area contributed by atoms with Crippen LogP contribution < -0.4 is 10.1 Å². The number of hydrogen-bond donors (Lipinski definition) is 2. The normalized spacial score (nSPS) is 16.2. The van der Waals surface area contributed by atoms with Crippen LogP contribution in [-0.2, 0) is 32.6 Å². The number of benzene rings is 2. The number of carboxylic acids is 1. The monoisotopic (exact) mass is 474 g/mol. The number of nitrogens with zero attached hydrogens (tertiary/aromatic N) is 1. The predicted octanol–water partition coefficient (Wildman–Crippen LogP) is 2.44. The molecule has 1 aliphatic heterocycles. The number of carbonyl (C=O) groups excluding carboxylic acids is 1. The minimum Gasteiger partial charge on any atom is -0.489 e. The molecule has 1 atom stereocenters. The molecular formula is C24H30N2O6S. The predicted molar refractivity (Wildman–Crippen MR) is 124 cm³/mol. The molecule has 9 heteroatoms. The zero-order valence-corrected chi connectivity index (χ0v) is 19.5. The molecule has 3 rings (SSSR count). The van der Waals surface area contributed by atoms with Crippen molar-refractivity contribution < 1.29 is 27.9 Å². The number of nitrogens with one attached hydrogen (secondary N) is 1. The number of rotatable bonds is 10. The summed E-state index contributed by atoms with van der Waals surface area (Å²) < 4.78 is 30.4. The van der Waals surface area contributed by atoms with E-state index in [1.165, 1.54) is 10.6 Å². The third kappa shape index (κ3) is 7.87. The van der Waals surface area contributed by atoms with Crippen LogP contribution in [0, 0.1) is 5.92 Å². The fourth-order valence-electron chi connectivity index (χ4n) is 3.86. The van der Waals surface area contributed by atoms with Gasteiger partial charge in [0.2, 0.25) is 15.9 Å². The van der Waals surface area contributed by atoms with Crippen LogP contribution in [0.25, 0.3) is 0 Å². The number of hydrogen-bond acceptors (Lipinski definition) is 5. The highest BCUT2D eigenvalue weighted by atomic mass is 32.2. The average Bonchev–Trinajstić information content (AvgIpc) is 2.78. The largest absolute Gasteiger partial charge is 0.489 e. The summed E-state index contributed by atoms with van der Waals surface area (Å²) in [6.45, 7) is 1.22. The van der Waals surface area contributed by atoms with E-state index in [4.69, 9.17) is 4.74 Å². The molecule has 0 aromatic heterocycles. The van der Waals surface area contributed by atoms with Crippen LogP contribution in [0.3, 0.4) is 0 Å². The summed E-state index contributed by atoms with van der Waals surface area (Å²) in [4.78, 5) is 24.1. The van der Waals surface area contributed by atoms with Gasteiger partial charge in [-0.1, -0.05) is 42.5 Å². The molecule has 2 N–H and O–H groups in total. The van der Waals surface area contributed by atoms with Crippen molar-refractivity contribution in [2.24, 2.45) is 5.92 Å². The lowest BCUT2D eigenvalue weighted by Gasteiger charge is -2.30. The summed E-state index contributed by atoms with van der Waals surface area (Å²) >= 11 is 0. The van der Waals surface area contributed by atoms with Gasteiger partial charge in [-0.3, -0.25) is 4.79 Å². The van der Waals surface area contributed by atoms with Gasteiger partial charge in [-0.2, -0.15) is 0 Å². The van der Waals surface area contributed by atoms with Crippen LogP contribution in [0.5, 0.6) is 5.75 Å². The average molecular weight is 475 g/mol. The molecule has 2 aromatic carbocycles. The Morgan fingerprint density at radius 3 is 2.27 bits per heavy atom. The molecule has 8 nitrogen and oxygen atoms in total. The lowest BCUT2D eigenvalue weighted by molar-refractivity contribution is -0.142. The maximum absolute atomic E-state index is 12.4. The molecule has 0 saturated carbocycles. The first-order valence-electron chi connectivity index (χ1n) is 10.9. The first kappa shape index (κ1) is 24.7. The van der Waals surface area contributed by atoms with Gasteiger partial charge >= 0.3 is 5.97 Å². The van der Waals surface area contributed by atoms with Crippen LogP contribution in [0.4, 0.5) is 0 Å². The molecule has 0 bridgehead atoms. The van der Waals surface area contributed by atoms with Gasteiger partial charge in [-0.05, 0) is 42.0 Å². The lowest BCUT2D eigenvalue weighted by atomic mass is 9.94. The van der Waals surface area contributed by atoms with Crippen molar-refractivity contribution >= 4 is 21.9 Å². The van der Waals surface area contributed by atoms with E-state index in [0.29, 0.717) is 38.3 Å². The Hall–Kier alpha value is -2.91. The van der Waals surface area contributed by atoms with E-state index in [9.17, 15) is 23.1 Å². The summed E-state index contributed by atoms with van der Waals surface area (Å²) in [6, 6.07) is 15.9. The van der Waals surface area contributed by atoms with Crippen molar-refractivity contribution in [1.82, 2.24) is 9.62 Å². The van der Waals surface area contributed by atoms with Crippen LogP contribution in [0.15, 0.2) is 54.6 Å².